The van der Waals surface area contributed by atoms with Crippen molar-refractivity contribution in [2.24, 2.45) is 12.0 Å². The van der Waals surface area contributed by atoms with Gasteiger partial charge >= 0.3 is 6.36 Å². The minimum absolute atomic E-state index is 0.316. The van der Waals surface area contributed by atoms with E-state index in [1.54, 1.807) is 9.36 Å². The summed E-state index contributed by atoms with van der Waals surface area (Å²) in [5.74, 6) is 1.09. The first kappa shape index (κ1) is 19.9. The first-order valence-electron chi connectivity index (χ1n) is 8.94. The molecule has 4 rings (SSSR count). The fourth-order valence-corrected chi connectivity index (χ4v) is 3.00. The van der Waals surface area contributed by atoms with Gasteiger partial charge in [0.2, 0.25) is 12.1 Å². The number of aryl methyl sites for hydroxylation is 3. The summed E-state index contributed by atoms with van der Waals surface area (Å²) in [6, 6.07) is 7.26. The molecule has 0 saturated carbocycles. The average Bonchev–Trinajstić information content (AvgIpc) is 3.35. The molecule has 9 nitrogen and oxygen atoms in total. The molecule has 30 heavy (non-hydrogen) atoms. The standard InChI is InChI=1S/C18H18F3N7O2/c1-10-8-13(27(3)24-10)9-28-11(2)22-16(25-28)17-23-15(26-30-17)12-4-6-14(7-5-12)29-18(19,20)21/h4-8,17H,9H2,1-3H3,(H,23,26). The molecule has 3 heterocycles. The lowest BCUT2D eigenvalue weighted by Gasteiger charge is -2.09. The van der Waals surface area contributed by atoms with Crippen molar-refractivity contribution in [3.8, 4) is 5.75 Å². The maximum atomic E-state index is 12.3. The zero-order valence-electron chi connectivity index (χ0n) is 16.3. The second-order valence-electron chi connectivity index (χ2n) is 6.70. The Morgan fingerprint density at radius 2 is 1.90 bits per heavy atom. The third-order valence-corrected chi connectivity index (χ3v) is 4.38. The number of alkyl halides is 3. The van der Waals surface area contributed by atoms with Crippen LogP contribution in [0.5, 0.6) is 5.75 Å². The third kappa shape index (κ3) is 4.27. The van der Waals surface area contributed by atoms with Crippen LogP contribution in [0.15, 0.2) is 35.3 Å². The van der Waals surface area contributed by atoms with Crippen molar-refractivity contribution >= 4 is 5.84 Å². The number of hydroxylamine groups is 1. The Labute approximate surface area is 169 Å². The SMILES string of the molecule is Cc1cc(Cn2nc(C3N=C(c4ccc(OC(F)(F)F)cc4)NO3)nc2C)n(C)n1. The highest BCUT2D eigenvalue weighted by atomic mass is 19.4. The molecule has 158 valence electrons. The first-order chi connectivity index (χ1) is 14.2. The van der Waals surface area contributed by atoms with Gasteiger partial charge in [-0.1, -0.05) is 0 Å². The van der Waals surface area contributed by atoms with Crippen LogP contribution in [-0.4, -0.2) is 36.7 Å². The topological polar surface area (TPSA) is 91.4 Å². The highest BCUT2D eigenvalue weighted by Gasteiger charge is 2.31. The van der Waals surface area contributed by atoms with Gasteiger partial charge in [0.15, 0.2) is 5.84 Å². The van der Waals surface area contributed by atoms with E-state index in [2.05, 4.69) is 30.4 Å². The normalized spacial score (nSPS) is 16.5. The summed E-state index contributed by atoms with van der Waals surface area (Å²) in [6.07, 6.45) is -5.52. The van der Waals surface area contributed by atoms with Crippen molar-refractivity contribution in [1.82, 2.24) is 30.0 Å². The maximum Gasteiger partial charge on any atom is 0.573 e. The summed E-state index contributed by atoms with van der Waals surface area (Å²) in [5.41, 5.74) is 5.09. The average molecular weight is 421 g/mol. The molecule has 1 N–H and O–H groups in total. The number of nitrogens with zero attached hydrogens (tertiary/aromatic N) is 6. The Morgan fingerprint density at radius 3 is 2.53 bits per heavy atom. The van der Waals surface area contributed by atoms with E-state index in [0.29, 0.717) is 29.6 Å². The van der Waals surface area contributed by atoms with Gasteiger partial charge < -0.3 is 4.74 Å². The van der Waals surface area contributed by atoms with Crippen molar-refractivity contribution in [1.29, 1.82) is 0 Å². The molecule has 0 aliphatic carbocycles. The van der Waals surface area contributed by atoms with Crippen LogP contribution in [0.25, 0.3) is 0 Å². The van der Waals surface area contributed by atoms with Gasteiger partial charge in [0, 0.05) is 12.6 Å². The monoisotopic (exact) mass is 421 g/mol. The van der Waals surface area contributed by atoms with Crippen LogP contribution in [-0.2, 0) is 18.4 Å². The van der Waals surface area contributed by atoms with Crippen LogP contribution in [0.1, 0.15) is 34.8 Å². The number of rotatable bonds is 5. The second kappa shape index (κ2) is 7.44. The summed E-state index contributed by atoms with van der Waals surface area (Å²) in [6.45, 7) is 4.23. The minimum Gasteiger partial charge on any atom is -0.406 e. The number of nitrogens with one attached hydrogen (secondary N) is 1. The van der Waals surface area contributed by atoms with E-state index in [0.717, 1.165) is 11.4 Å². The molecular formula is C18H18F3N7O2. The fourth-order valence-electron chi connectivity index (χ4n) is 3.00. The summed E-state index contributed by atoms with van der Waals surface area (Å²) >= 11 is 0. The molecule has 0 bridgehead atoms. The number of hydrogen-bond acceptors (Lipinski definition) is 7. The van der Waals surface area contributed by atoms with Gasteiger partial charge in [0.25, 0.3) is 0 Å². The molecule has 3 aromatic rings. The van der Waals surface area contributed by atoms with Crippen molar-refractivity contribution in [3.63, 3.8) is 0 Å². The molecule has 0 radical (unpaired) electrons. The number of benzene rings is 1. The van der Waals surface area contributed by atoms with E-state index < -0.39 is 12.6 Å². The quantitative estimate of drug-likeness (QED) is 0.681. The molecule has 0 saturated heterocycles. The summed E-state index contributed by atoms with van der Waals surface area (Å²) in [5, 5.41) is 8.79. The predicted octanol–water partition coefficient (Wildman–Crippen LogP) is 2.56. The highest BCUT2D eigenvalue weighted by Crippen LogP contribution is 2.25. The van der Waals surface area contributed by atoms with Gasteiger partial charge in [0.05, 0.1) is 17.9 Å². The van der Waals surface area contributed by atoms with Gasteiger partial charge in [-0.15, -0.1) is 13.2 Å². The second-order valence-corrected chi connectivity index (χ2v) is 6.70. The van der Waals surface area contributed by atoms with Crippen LogP contribution in [0, 0.1) is 13.8 Å². The molecule has 1 atom stereocenters. The summed E-state index contributed by atoms with van der Waals surface area (Å²) in [7, 11) is 1.86. The van der Waals surface area contributed by atoms with Gasteiger partial charge in [-0.05, 0) is 44.2 Å². The maximum absolute atomic E-state index is 12.3. The van der Waals surface area contributed by atoms with E-state index in [4.69, 9.17) is 4.84 Å². The lowest BCUT2D eigenvalue weighted by molar-refractivity contribution is -0.274. The van der Waals surface area contributed by atoms with Gasteiger partial charge in [0.1, 0.15) is 11.6 Å². The number of amidine groups is 1. The van der Waals surface area contributed by atoms with Crippen molar-refractivity contribution in [2.45, 2.75) is 33.0 Å². The van der Waals surface area contributed by atoms with Gasteiger partial charge in [-0.25, -0.2) is 25.0 Å². The summed E-state index contributed by atoms with van der Waals surface area (Å²) < 4.78 is 44.2. The number of hydrogen-bond donors (Lipinski definition) is 1. The van der Waals surface area contributed by atoms with E-state index in [1.165, 1.54) is 24.3 Å². The molecule has 0 spiro atoms. The Morgan fingerprint density at radius 1 is 1.17 bits per heavy atom. The van der Waals surface area contributed by atoms with Crippen molar-refractivity contribution < 1.29 is 22.7 Å². The van der Waals surface area contributed by atoms with Crippen LogP contribution in [0.3, 0.4) is 0 Å². The summed E-state index contributed by atoms with van der Waals surface area (Å²) in [4.78, 5) is 14.2. The molecular weight excluding hydrogens is 403 g/mol. The van der Waals surface area contributed by atoms with Crippen LogP contribution < -0.4 is 10.2 Å². The number of aliphatic imine (C=N–C) groups is 1. The molecule has 1 aromatic carbocycles. The van der Waals surface area contributed by atoms with E-state index >= 15 is 0 Å². The molecule has 0 fully saturated rings. The predicted molar refractivity (Wildman–Crippen MR) is 98.4 cm³/mol. The third-order valence-electron chi connectivity index (χ3n) is 4.38. The molecule has 1 aliphatic rings. The number of ether oxygens (including phenoxy) is 1. The number of aromatic nitrogens is 5. The van der Waals surface area contributed by atoms with E-state index in [9.17, 15) is 13.2 Å². The van der Waals surface area contributed by atoms with Crippen molar-refractivity contribution in [2.75, 3.05) is 0 Å². The Kier molecular flexibility index (Phi) is 4.94. The number of halogens is 3. The van der Waals surface area contributed by atoms with E-state index in [1.807, 2.05) is 27.0 Å². The first-order valence-corrected chi connectivity index (χ1v) is 8.94. The molecule has 2 aromatic heterocycles. The molecule has 1 aliphatic heterocycles. The Hall–Kier alpha value is -3.41. The highest BCUT2D eigenvalue weighted by molar-refractivity contribution is 5.98. The molecule has 1 unspecified atom stereocenters. The Bertz CT molecular complexity index is 1090. The van der Waals surface area contributed by atoms with Crippen LogP contribution in [0.2, 0.25) is 0 Å². The lowest BCUT2D eigenvalue weighted by atomic mass is 10.2. The smallest absolute Gasteiger partial charge is 0.406 e. The molecule has 12 heteroatoms. The van der Waals surface area contributed by atoms with Crippen LogP contribution in [0.4, 0.5) is 13.2 Å². The zero-order valence-corrected chi connectivity index (χ0v) is 16.3. The van der Waals surface area contributed by atoms with Gasteiger partial charge in [-0.2, -0.15) is 10.2 Å². The largest absolute Gasteiger partial charge is 0.573 e. The van der Waals surface area contributed by atoms with Crippen molar-refractivity contribution in [3.05, 3.63) is 58.9 Å². The zero-order chi connectivity index (χ0) is 21.5. The van der Waals surface area contributed by atoms with E-state index in [-0.39, 0.29) is 5.75 Å². The van der Waals surface area contributed by atoms with Gasteiger partial charge in [-0.3, -0.25) is 4.68 Å². The Balaban J connectivity index is 1.49. The lowest BCUT2D eigenvalue weighted by Crippen LogP contribution is -2.19. The molecule has 0 amide bonds. The van der Waals surface area contributed by atoms with Crippen LogP contribution >= 0.6 is 0 Å². The fraction of sp³-hybridized carbons (Fsp3) is 0.333. The minimum atomic E-state index is -4.74.